The molecule has 0 radical (unpaired) electrons. The van der Waals surface area contributed by atoms with E-state index in [1.165, 1.54) is 0 Å². The fourth-order valence-corrected chi connectivity index (χ4v) is 5.26. The van der Waals surface area contributed by atoms with Gasteiger partial charge in [0.2, 0.25) is 5.91 Å². The summed E-state index contributed by atoms with van der Waals surface area (Å²) in [6.07, 6.45) is 0.358. The number of nitrogens with one attached hydrogen (secondary N) is 3. The molecule has 4 aromatic rings. The largest absolute Gasteiger partial charge is 0.445 e. The van der Waals surface area contributed by atoms with E-state index >= 15 is 0 Å². The molecule has 1 heterocycles. The van der Waals surface area contributed by atoms with E-state index in [4.69, 9.17) is 4.74 Å². The summed E-state index contributed by atoms with van der Waals surface area (Å²) in [6.45, 7) is 4.64. The third kappa shape index (κ3) is 5.50. The standard InChI is InChI=1S/C30H32N4O3/c1-20(28(35)31-18-26-32-24-15-9-10-16-25(24)33-26)23-17-30(23,2)27(22-13-7-4-8-14-22)34-29(36)37-19-21-11-5-3-6-12-21/h3-16,20,23,27H,17-19H2,1-2H3,(H,31,35)(H,32,33)(H,34,36)/t20-,23+,27+,30-/m1/s1. The molecule has 0 bridgehead atoms. The summed E-state index contributed by atoms with van der Waals surface area (Å²) in [7, 11) is 0. The van der Waals surface area contributed by atoms with Crippen LogP contribution in [0.15, 0.2) is 84.9 Å². The number of alkyl carbamates (subject to hydrolysis) is 1. The van der Waals surface area contributed by atoms with Crippen molar-refractivity contribution in [3.05, 3.63) is 102 Å². The molecular formula is C30H32N4O3. The van der Waals surface area contributed by atoms with Crippen LogP contribution >= 0.6 is 0 Å². The highest BCUT2D eigenvalue weighted by atomic mass is 16.5. The molecule has 7 nitrogen and oxygen atoms in total. The Balaban J connectivity index is 1.23. The number of rotatable bonds is 9. The zero-order chi connectivity index (χ0) is 25.8. The van der Waals surface area contributed by atoms with Crippen LogP contribution in [0.25, 0.3) is 11.0 Å². The third-order valence-electron chi connectivity index (χ3n) is 7.50. The number of carbonyl (C=O) groups is 2. The number of nitrogens with zero attached hydrogens (tertiary/aromatic N) is 1. The summed E-state index contributed by atoms with van der Waals surface area (Å²) in [6, 6.07) is 27.0. The summed E-state index contributed by atoms with van der Waals surface area (Å²) in [4.78, 5) is 33.7. The van der Waals surface area contributed by atoms with E-state index in [0.717, 1.165) is 34.4 Å². The minimum atomic E-state index is -0.466. The lowest BCUT2D eigenvalue weighted by Gasteiger charge is -2.28. The molecule has 190 valence electrons. The van der Waals surface area contributed by atoms with E-state index in [9.17, 15) is 9.59 Å². The van der Waals surface area contributed by atoms with Gasteiger partial charge in [-0.25, -0.2) is 9.78 Å². The highest BCUT2D eigenvalue weighted by molar-refractivity contribution is 5.79. The maximum atomic E-state index is 13.1. The molecule has 7 heteroatoms. The zero-order valence-electron chi connectivity index (χ0n) is 21.1. The Kier molecular flexibility index (Phi) is 6.95. The van der Waals surface area contributed by atoms with Gasteiger partial charge in [0.1, 0.15) is 12.4 Å². The Morgan fingerprint density at radius 2 is 1.70 bits per heavy atom. The molecule has 1 fully saturated rings. The zero-order valence-corrected chi connectivity index (χ0v) is 21.1. The van der Waals surface area contributed by atoms with Gasteiger partial charge in [-0.1, -0.05) is 86.6 Å². The number of imidazole rings is 1. The monoisotopic (exact) mass is 496 g/mol. The van der Waals surface area contributed by atoms with Crippen LogP contribution in [0.5, 0.6) is 0 Å². The number of benzene rings is 3. The van der Waals surface area contributed by atoms with Gasteiger partial charge in [0, 0.05) is 5.92 Å². The molecule has 4 atom stereocenters. The fourth-order valence-electron chi connectivity index (χ4n) is 5.26. The highest BCUT2D eigenvalue weighted by Crippen LogP contribution is 2.63. The Hall–Kier alpha value is -4.13. The molecule has 2 amide bonds. The van der Waals surface area contributed by atoms with E-state index in [1.54, 1.807) is 0 Å². The summed E-state index contributed by atoms with van der Waals surface area (Å²) in [5.41, 5.74) is 3.48. The van der Waals surface area contributed by atoms with Crippen molar-refractivity contribution in [1.29, 1.82) is 0 Å². The minimum absolute atomic E-state index is 0.0207. The topological polar surface area (TPSA) is 96.1 Å². The van der Waals surface area contributed by atoms with Crippen molar-refractivity contribution in [1.82, 2.24) is 20.6 Å². The predicted molar refractivity (Wildman–Crippen MR) is 142 cm³/mol. The van der Waals surface area contributed by atoms with Crippen molar-refractivity contribution in [3.63, 3.8) is 0 Å². The summed E-state index contributed by atoms with van der Waals surface area (Å²) >= 11 is 0. The first kappa shape index (κ1) is 24.6. The van der Waals surface area contributed by atoms with Crippen LogP contribution in [0.4, 0.5) is 4.79 Å². The number of carbonyl (C=O) groups excluding carboxylic acids is 2. The molecule has 5 rings (SSSR count). The number of hydrogen-bond acceptors (Lipinski definition) is 4. The quantitative estimate of drug-likeness (QED) is 0.285. The number of para-hydroxylation sites is 2. The van der Waals surface area contributed by atoms with Crippen molar-refractivity contribution in [2.75, 3.05) is 0 Å². The van der Waals surface area contributed by atoms with E-state index in [0.29, 0.717) is 6.54 Å². The molecule has 37 heavy (non-hydrogen) atoms. The number of aromatic nitrogens is 2. The maximum Gasteiger partial charge on any atom is 0.407 e. The first-order valence-corrected chi connectivity index (χ1v) is 12.7. The summed E-state index contributed by atoms with van der Waals surface area (Å²) < 4.78 is 5.52. The Labute approximate surface area is 216 Å². The van der Waals surface area contributed by atoms with E-state index in [-0.39, 0.29) is 35.8 Å². The molecule has 1 aliphatic carbocycles. The van der Waals surface area contributed by atoms with E-state index < -0.39 is 6.09 Å². The van der Waals surface area contributed by atoms with Crippen molar-refractivity contribution < 1.29 is 14.3 Å². The Bertz CT molecular complexity index is 1340. The van der Waals surface area contributed by atoms with Crippen LogP contribution < -0.4 is 10.6 Å². The molecule has 1 aromatic heterocycles. The summed E-state index contributed by atoms with van der Waals surface area (Å²) in [5, 5.41) is 6.13. The van der Waals surface area contributed by atoms with Crippen LogP contribution in [-0.4, -0.2) is 22.0 Å². The first-order valence-electron chi connectivity index (χ1n) is 12.7. The number of aromatic amines is 1. The van der Waals surface area contributed by atoms with Gasteiger partial charge in [0.15, 0.2) is 0 Å². The molecule has 0 spiro atoms. The second kappa shape index (κ2) is 10.5. The number of H-pyrrole nitrogens is 1. The molecule has 3 N–H and O–H groups in total. The van der Waals surface area contributed by atoms with Gasteiger partial charge in [-0.3, -0.25) is 4.79 Å². The molecule has 0 saturated heterocycles. The average Bonchev–Trinajstić information content (AvgIpc) is 3.44. The minimum Gasteiger partial charge on any atom is -0.445 e. The second-order valence-electron chi connectivity index (χ2n) is 10.1. The lowest BCUT2D eigenvalue weighted by molar-refractivity contribution is -0.125. The van der Waals surface area contributed by atoms with Gasteiger partial charge in [-0.05, 0) is 41.0 Å². The van der Waals surface area contributed by atoms with Crippen LogP contribution in [-0.2, 0) is 22.7 Å². The number of ether oxygens (including phenoxy) is 1. The average molecular weight is 497 g/mol. The molecule has 0 aliphatic heterocycles. The molecule has 1 saturated carbocycles. The second-order valence-corrected chi connectivity index (χ2v) is 10.1. The normalized spacial score (nSPS) is 20.1. The summed E-state index contributed by atoms with van der Waals surface area (Å²) in [5.74, 6) is 0.600. The highest BCUT2D eigenvalue weighted by Gasteiger charge is 2.59. The Morgan fingerprint density at radius 1 is 1.03 bits per heavy atom. The smallest absolute Gasteiger partial charge is 0.407 e. The molecular weight excluding hydrogens is 464 g/mol. The lowest BCUT2D eigenvalue weighted by atomic mass is 9.86. The van der Waals surface area contributed by atoms with Crippen LogP contribution in [0, 0.1) is 17.3 Å². The third-order valence-corrected chi connectivity index (χ3v) is 7.50. The van der Waals surface area contributed by atoms with E-state index in [1.807, 2.05) is 91.9 Å². The van der Waals surface area contributed by atoms with Crippen molar-refractivity contribution >= 4 is 23.0 Å². The van der Waals surface area contributed by atoms with Crippen LogP contribution in [0.3, 0.4) is 0 Å². The maximum absolute atomic E-state index is 13.1. The van der Waals surface area contributed by atoms with E-state index in [2.05, 4.69) is 27.5 Å². The van der Waals surface area contributed by atoms with Gasteiger partial charge in [0.05, 0.1) is 23.6 Å². The van der Waals surface area contributed by atoms with Gasteiger partial charge in [0.25, 0.3) is 0 Å². The van der Waals surface area contributed by atoms with Gasteiger partial charge >= 0.3 is 6.09 Å². The fraction of sp³-hybridized carbons (Fsp3) is 0.300. The van der Waals surface area contributed by atoms with Crippen molar-refractivity contribution in [2.45, 2.75) is 39.5 Å². The predicted octanol–water partition coefficient (Wildman–Crippen LogP) is 5.51. The van der Waals surface area contributed by atoms with Gasteiger partial charge in [-0.15, -0.1) is 0 Å². The molecule has 3 aromatic carbocycles. The van der Waals surface area contributed by atoms with Crippen LogP contribution in [0.2, 0.25) is 0 Å². The first-order chi connectivity index (χ1) is 17.9. The molecule has 0 unspecified atom stereocenters. The van der Waals surface area contributed by atoms with Gasteiger partial charge in [-0.2, -0.15) is 0 Å². The SMILES string of the molecule is C[C@@H](C(=O)NCc1nc2ccccc2[nH]1)[C@@H]1C[C@@]1(C)[C@@H](NC(=O)OCc1ccccc1)c1ccccc1. The number of hydrogen-bond donors (Lipinski definition) is 3. The van der Waals surface area contributed by atoms with Crippen molar-refractivity contribution in [2.24, 2.45) is 17.3 Å². The number of amides is 2. The molecule has 1 aliphatic rings. The van der Waals surface area contributed by atoms with Crippen LogP contribution in [0.1, 0.15) is 43.3 Å². The Morgan fingerprint density at radius 3 is 2.43 bits per heavy atom. The van der Waals surface area contributed by atoms with Crippen molar-refractivity contribution in [3.8, 4) is 0 Å². The lowest BCUT2D eigenvalue weighted by Crippen LogP contribution is -2.37. The van der Waals surface area contributed by atoms with Gasteiger partial charge < -0.3 is 20.4 Å². The number of fused-ring (bicyclic) bond motifs is 1.